The van der Waals surface area contributed by atoms with Crippen LogP contribution in [0, 0.1) is 12.8 Å². The zero-order valence-corrected chi connectivity index (χ0v) is 17.5. The lowest BCUT2D eigenvalue weighted by atomic mass is 10.0. The van der Waals surface area contributed by atoms with E-state index in [1.54, 1.807) is 35.6 Å². The number of rotatable bonds is 9. The highest BCUT2D eigenvalue weighted by Crippen LogP contribution is 2.12. The maximum atomic E-state index is 12.5. The van der Waals surface area contributed by atoms with Crippen molar-refractivity contribution in [3.05, 3.63) is 50.9 Å². The molecule has 1 aromatic heterocycles. The van der Waals surface area contributed by atoms with Crippen LogP contribution in [-0.2, 0) is 11.2 Å². The molecule has 0 aliphatic carbocycles. The number of amides is 2. The zero-order chi connectivity index (χ0) is 19.8. The highest BCUT2D eigenvalue weighted by Gasteiger charge is 2.24. The summed E-state index contributed by atoms with van der Waals surface area (Å²) in [4.78, 5) is 29.3. The molecule has 2 amide bonds. The summed E-state index contributed by atoms with van der Waals surface area (Å²) in [5.74, 6) is -0.448. The van der Waals surface area contributed by atoms with E-state index in [4.69, 9.17) is 11.6 Å². The first kappa shape index (κ1) is 21.4. The Balaban J connectivity index is 1.78. The average Bonchev–Trinajstić information content (AvgIpc) is 3.04. The van der Waals surface area contributed by atoms with Crippen molar-refractivity contribution in [1.82, 2.24) is 15.6 Å². The SMILES string of the molecule is Cc1csc(CCCCNC(=O)C(NC(=O)c2ccc(Cl)cc2)C(C)C)n1. The molecule has 146 valence electrons. The van der Waals surface area contributed by atoms with E-state index in [0.717, 1.165) is 30.0 Å². The van der Waals surface area contributed by atoms with Gasteiger partial charge in [-0.15, -0.1) is 11.3 Å². The highest BCUT2D eigenvalue weighted by atomic mass is 35.5. The van der Waals surface area contributed by atoms with Gasteiger partial charge in [0.25, 0.3) is 5.91 Å². The lowest BCUT2D eigenvalue weighted by Crippen LogP contribution is -2.49. The molecule has 1 unspecified atom stereocenters. The summed E-state index contributed by atoms with van der Waals surface area (Å²) in [5.41, 5.74) is 1.54. The Hall–Kier alpha value is -1.92. The van der Waals surface area contributed by atoms with Crippen LogP contribution in [0.5, 0.6) is 0 Å². The molecule has 0 saturated carbocycles. The van der Waals surface area contributed by atoms with E-state index in [1.165, 1.54) is 0 Å². The number of hydrogen-bond acceptors (Lipinski definition) is 4. The third kappa shape index (κ3) is 6.96. The van der Waals surface area contributed by atoms with Gasteiger partial charge in [0.1, 0.15) is 6.04 Å². The first-order chi connectivity index (χ1) is 12.9. The van der Waals surface area contributed by atoms with Crippen molar-refractivity contribution in [2.24, 2.45) is 5.92 Å². The number of carbonyl (C=O) groups is 2. The van der Waals surface area contributed by atoms with Gasteiger partial charge in [-0.1, -0.05) is 25.4 Å². The van der Waals surface area contributed by atoms with Crippen LogP contribution in [0.25, 0.3) is 0 Å². The van der Waals surface area contributed by atoms with E-state index in [1.807, 2.05) is 26.2 Å². The molecule has 2 rings (SSSR count). The molecule has 0 spiro atoms. The molecule has 0 aliphatic rings. The van der Waals surface area contributed by atoms with Crippen LogP contribution in [0.4, 0.5) is 0 Å². The number of aryl methyl sites for hydroxylation is 2. The topological polar surface area (TPSA) is 71.1 Å². The number of unbranched alkanes of at least 4 members (excludes halogenated alkanes) is 1. The second kappa shape index (κ2) is 10.4. The van der Waals surface area contributed by atoms with E-state index in [0.29, 0.717) is 17.1 Å². The zero-order valence-electron chi connectivity index (χ0n) is 15.9. The van der Waals surface area contributed by atoms with E-state index < -0.39 is 6.04 Å². The molecule has 0 fully saturated rings. The van der Waals surface area contributed by atoms with Crippen molar-refractivity contribution in [2.75, 3.05) is 6.54 Å². The van der Waals surface area contributed by atoms with Crippen LogP contribution in [0.15, 0.2) is 29.6 Å². The summed E-state index contributed by atoms with van der Waals surface area (Å²) in [6.07, 6.45) is 2.77. The molecule has 1 heterocycles. The van der Waals surface area contributed by atoms with Crippen LogP contribution in [0.3, 0.4) is 0 Å². The first-order valence-electron chi connectivity index (χ1n) is 9.12. The molecule has 1 atom stereocenters. The fourth-order valence-corrected chi connectivity index (χ4v) is 3.55. The van der Waals surface area contributed by atoms with E-state index in [-0.39, 0.29) is 17.7 Å². The summed E-state index contributed by atoms with van der Waals surface area (Å²) in [6.45, 7) is 6.40. The largest absolute Gasteiger partial charge is 0.354 e. The van der Waals surface area contributed by atoms with Crippen LogP contribution in [0.1, 0.15) is 47.7 Å². The summed E-state index contributed by atoms with van der Waals surface area (Å²) in [7, 11) is 0. The maximum Gasteiger partial charge on any atom is 0.251 e. The highest BCUT2D eigenvalue weighted by molar-refractivity contribution is 7.09. The standard InChI is InChI=1S/C20H26ClN3O2S/c1-13(2)18(24-19(25)15-7-9-16(21)10-8-15)20(26)22-11-5-4-6-17-23-14(3)12-27-17/h7-10,12-13,18H,4-6,11H2,1-3H3,(H,22,26)(H,24,25). The van der Waals surface area contributed by atoms with Gasteiger partial charge in [0.2, 0.25) is 5.91 Å². The number of benzene rings is 1. The minimum atomic E-state index is -0.574. The van der Waals surface area contributed by atoms with Gasteiger partial charge >= 0.3 is 0 Å². The fraction of sp³-hybridized carbons (Fsp3) is 0.450. The lowest BCUT2D eigenvalue weighted by molar-refractivity contribution is -0.123. The van der Waals surface area contributed by atoms with Gasteiger partial charge in [0, 0.05) is 28.2 Å². The molecule has 2 aromatic rings. The van der Waals surface area contributed by atoms with Gasteiger partial charge in [0.15, 0.2) is 0 Å². The number of carbonyl (C=O) groups excluding carboxylic acids is 2. The summed E-state index contributed by atoms with van der Waals surface area (Å²) < 4.78 is 0. The third-order valence-corrected chi connectivity index (χ3v) is 5.40. The second-order valence-electron chi connectivity index (χ2n) is 6.83. The Morgan fingerprint density at radius 2 is 1.89 bits per heavy atom. The third-order valence-electron chi connectivity index (χ3n) is 4.13. The minimum absolute atomic E-state index is 0.0143. The normalized spacial score (nSPS) is 12.0. The Labute approximate surface area is 169 Å². The van der Waals surface area contributed by atoms with Crippen molar-refractivity contribution >= 4 is 34.8 Å². The molecular weight excluding hydrogens is 382 g/mol. The predicted molar refractivity (Wildman–Crippen MR) is 110 cm³/mol. The lowest BCUT2D eigenvalue weighted by Gasteiger charge is -2.21. The van der Waals surface area contributed by atoms with Crippen LogP contribution >= 0.6 is 22.9 Å². The van der Waals surface area contributed by atoms with Gasteiger partial charge < -0.3 is 10.6 Å². The van der Waals surface area contributed by atoms with Crippen molar-refractivity contribution in [3.63, 3.8) is 0 Å². The number of nitrogens with one attached hydrogen (secondary N) is 2. The Morgan fingerprint density at radius 1 is 1.19 bits per heavy atom. The van der Waals surface area contributed by atoms with Crippen LogP contribution in [-0.4, -0.2) is 29.4 Å². The molecule has 27 heavy (non-hydrogen) atoms. The van der Waals surface area contributed by atoms with Crippen molar-refractivity contribution in [1.29, 1.82) is 0 Å². The van der Waals surface area contributed by atoms with Crippen molar-refractivity contribution < 1.29 is 9.59 Å². The molecule has 1 aromatic carbocycles. The quantitative estimate of drug-likeness (QED) is 0.617. The second-order valence-corrected chi connectivity index (χ2v) is 8.21. The number of halogens is 1. The molecule has 7 heteroatoms. The van der Waals surface area contributed by atoms with Gasteiger partial charge in [-0.2, -0.15) is 0 Å². The molecule has 0 aliphatic heterocycles. The number of nitrogens with zero attached hydrogens (tertiary/aromatic N) is 1. The minimum Gasteiger partial charge on any atom is -0.354 e. The number of hydrogen-bond donors (Lipinski definition) is 2. The van der Waals surface area contributed by atoms with E-state index >= 15 is 0 Å². The molecule has 0 saturated heterocycles. The first-order valence-corrected chi connectivity index (χ1v) is 10.4. The van der Waals surface area contributed by atoms with Crippen LogP contribution < -0.4 is 10.6 Å². The van der Waals surface area contributed by atoms with Crippen molar-refractivity contribution in [2.45, 2.75) is 46.1 Å². The van der Waals surface area contributed by atoms with Gasteiger partial charge in [-0.05, 0) is 56.4 Å². The van der Waals surface area contributed by atoms with Gasteiger partial charge in [0.05, 0.1) is 5.01 Å². The molecule has 0 radical (unpaired) electrons. The number of aromatic nitrogens is 1. The van der Waals surface area contributed by atoms with Gasteiger partial charge in [-0.25, -0.2) is 4.98 Å². The Morgan fingerprint density at radius 3 is 2.48 bits per heavy atom. The molecule has 0 bridgehead atoms. The fourth-order valence-electron chi connectivity index (χ4n) is 2.60. The predicted octanol–water partition coefficient (Wildman–Crippen LogP) is 4.00. The Bertz CT molecular complexity index is 759. The maximum absolute atomic E-state index is 12.5. The average molecular weight is 408 g/mol. The Kier molecular flexibility index (Phi) is 8.25. The molecule has 2 N–H and O–H groups in total. The molecule has 5 nitrogen and oxygen atoms in total. The summed E-state index contributed by atoms with van der Waals surface area (Å²) in [5, 5.41) is 9.50. The number of thiazole rings is 1. The monoisotopic (exact) mass is 407 g/mol. The van der Waals surface area contributed by atoms with E-state index in [2.05, 4.69) is 15.6 Å². The summed E-state index contributed by atoms with van der Waals surface area (Å²) in [6, 6.07) is 6.03. The smallest absolute Gasteiger partial charge is 0.251 e. The van der Waals surface area contributed by atoms with Crippen molar-refractivity contribution in [3.8, 4) is 0 Å². The summed E-state index contributed by atoms with van der Waals surface area (Å²) >= 11 is 7.52. The molecular formula is C20H26ClN3O2S. The van der Waals surface area contributed by atoms with Gasteiger partial charge in [-0.3, -0.25) is 9.59 Å². The van der Waals surface area contributed by atoms with E-state index in [9.17, 15) is 9.59 Å². The van der Waals surface area contributed by atoms with Crippen LogP contribution in [0.2, 0.25) is 5.02 Å².